The van der Waals surface area contributed by atoms with Crippen LogP contribution in [0.15, 0.2) is 63.5 Å². The Morgan fingerprint density at radius 1 is 1.13 bits per heavy atom. The SMILES string of the molecule is CCc1ccccc1NC(=O)Cn1c(=O)n(-c2ccc(F)cc2C)c(=O)c2sccc21. The summed E-state index contributed by atoms with van der Waals surface area (Å²) in [6, 6.07) is 13.0. The van der Waals surface area contributed by atoms with Crippen LogP contribution >= 0.6 is 11.3 Å². The minimum atomic E-state index is -0.649. The summed E-state index contributed by atoms with van der Waals surface area (Å²) in [5, 5.41) is 4.56. The molecule has 31 heavy (non-hydrogen) atoms. The van der Waals surface area contributed by atoms with Crippen LogP contribution in [0.2, 0.25) is 0 Å². The molecule has 0 saturated carbocycles. The molecule has 4 rings (SSSR count). The van der Waals surface area contributed by atoms with Gasteiger partial charge in [-0.25, -0.2) is 13.8 Å². The van der Waals surface area contributed by atoms with Crippen molar-refractivity contribution in [1.29, 1.82) is 0 Å². The number of benzene rings is 2. The lowest BCUT2D eigenvalue weighted by atomic mass is 10.1. The Labute approximate surface area is 181 Å². The number of carbonyl (C=O) groups excluding carboxylic acids is 1. The zero-order chi connectivity index (χ0) is 22.1. The number of nitrogens with zero attached hydrogens (tertiary/aromatic N) is 2. The molecule has 158 valence electrons. The first-order valence-electron chi connectivity index (χ1n) is 9.78. The first kappa shape index (κ1) is 20.7. The maximum absolute atomic E-state index is 13.6. The number of nitrogens with one attached hydrogen (secondary N) is 1. The van der Waals surface area contributed by atoms with E-state index in [1.165, 1.54) is 34.1 Å². The lowest BCUT2D eigenvalue weighted by Gasteiger charge is -2.14. The number of para-hydroxylation sites is 1. The Bertz CT molecular complexity index is 1420. The quantitative estimate of drug-likeness (QED) is 0.515. The minimum Gasteiger partial charge on any atom is -0.324 e. The van der Waals surface area contributed by atoms with Crippen LogP contribution in [0.3, 0.4) is 0 Å². The Hall–Kier alpha value is -3.52. The zero-order valence-corrected chi connectivity index (χ0v) is 17.8. The van der Waals surface area contributed by atoms with Crippen LogP contribution in [0.1, 0.15) is 18.1 Å². The first-order valence-corrected chi connectivity index (χ1v) is 10.7. The van der Waals surface area contributed by atoms with Gasteiger partial charge in [-0.15, -0.1) is 11.3 Å². The van der Waals surface area contributed by atoms with Gasteiger partial charge in [-0.2, -0.15) is 0 Å². The number of thiophene rings is 1. The standard InChI is InChI=1S/C23H20FN3O3S/c1-3-15-6-4-5-7-17(15)25-20(28)13-26-19-10-11-31-21(19)22(29)27(23(26)30)18-9-8-16(24)12-14(18)2/h4-12H,3,13H2,1-2H3,(H,25,28). The largest absolute Gasteiger partial charge is 0.336 e. The minimum absolute atomic E-state index is 0.259. The Morgan fingerprint density at radius 3 is 2.65 bits per heavy atom. The molecule has 0 unspecified atom stereocenters. The average Bonchev–Trinajstić information content (AvgIpc) is 3.23. The normalized spacial score (nSPS) is 11.1. The molecular weight excluding hydrogens is 417 g/mol. The van der Waals surface area contributed by atoms with Gasteiger partial charge < -0.3 is 5.32 Å². The van der Waals surface area contributed by atoms with Crippen LogP contribution in [0.4, 0.5) is 10.1 Å². The molecule has 0 radical (unpaired) electrons. The molecule has 0 aliphatic rings. The Balaban J connectivity index is 1.81. The van der Waals surface area contributed by atoms with Crippen molar-refractivity contribution in [3.8, 4) is 5.69 Å². The molecule has 1 N–H and O–H groups in total. The van der Waals surface area contributed by atoms with Crippen molar-refractivity contribution in [2.75, 3.05) is 5.32 Å². The summed E-state index contributed by atoms with van der Waals surface area (Å²) in [5.74, 6) is -0.836. The van der Waals surface area contributed by atoms with Crippen molar-refractivity contribution in [2.24, 2.45) is 0 Å². The number of hydrogen-bond acceptors (Lipinski definition) is 4. The number of aryl methyl sites for hydroxylation is 2. The van der Waals surface area contributed by atoms with Gasteiger partial charge in [0, 0.05) is 5.69 Å². The molecule has 8 heteroatoms. The van der Waals surface area contributed by atoms with Gasteiger partial charge in [0.1, 0.15) is 17.1 Å². The van der Waals surface area contributed by atoms with E-state index in [1.54, 1.807) is 18.4 Å². The summed E-state index contributed by atoms with van der Waals surface area (Å²) in [5.41, 5.74) is 1.67. The molecule has 0 saturated heterocycles. The van der Waals surface area contributed by atoms with E-state index in [9.17, 15) is 18.8 Å². The molecule has 0 fully saturated rings. The van der Waals surface area contributed by atoms with E-state index < -0.39 is 17.1 Å². The topological polar surface area (TPSA) is 73.1 Å². The first-order chi connectivity index (χ1) is 14.9. The summed E-state index contributed by atoms with van der Waals surface area (Å²) in [4.78, 5) is 39.1. The fourth-order valence-corrected chi connectivity index (χ4v) is 4.43. The van der Waals surface area contributed by atoms with Crippen LogP contribution < -0.4 is 16.6 Å². The molecule has 0 atom stereocenters. The van der Waals surface area contributed by atoms with E-state index in [4.69, 9.17) is 0 Å². The van der Waals surface area contributed by atoms with E-state index in [0.29, 0.717) is 21.5 Å². The van der Waals surface area contributed by atoms with Gasteiger partial charge in [0.25, 0.3) is 5.56 Å². The number of amides is 1. The van der Waals surface area contributed by atoms with Crippen molar-refractivity contribution in [3.05, 3.63) is 91.7 Å². The molecule has 0 spiro atoms. The number of aromatic nitrogens is 2. The molecule has 2 heterocycles. The maximum Gasteiger partial charge on any atom is 0.336 e. The fraction of sp³-hybridized carbons (Fsp3) is 0.174. The Kier molecular flexibility index (Phi) is 5.56. The van der Waals surface area contributed by atoms with Gasteiger partial charge in [0.2, 0.25) is 5.91 Å². The lowest BCUT2D eigenvalue weighted by molar-refractivity contribution is -0.116. The molecule has 4 aromatic rings. The average molecular weight is 437 g/mol. The maximum atomic E-state index is 13.6. The third kappa shape index (κ3) is 3.82. The summed E-state index contributed by atoms with van der Waals surface area (Å²) in [6.45, 7) is 3.36. The van der Waals surface area contributed by atoms with Crippen LogP contribution in [0.5, 0.6) is 0 Å². The smallest absolute Gasteiger partial charge is 0.324 e. The third-order valence-electron chi connectivity index (χ3n) is 5.13. The number of fused-ring (bicyclic) bond motifs is 1. The zero-order valence-electron chi connectivity index (χ0n) is 17.0. The highest BCUT2D eigenvalue weighted by Gasteiger charge is 2.19. The summed E-state index contributed by atoms with van der Waals surface area (Å²) in [6.07, 6.45) is 0.750. The van der Waals surface area contributed by atoms with Crippen LogP contribution in [-0.2, 0) is 17.8 Å². The van der Waals surface area contributed by atoms with Crippen molar-refractivity contribution in [1.82, 2.24) is 9.13 Å². The van der Waals surface area contributed by atoms with E-state index >= 15 is 0 Å². The second-order valence-corrected chi connectivity index (χ2v) is 8.05. The van der Waals surface area contributed by atoms with E-state index in [2.05, 4.69) is 5.32 Å². The van der Waals surface area contributed by atoms with Gasteiger partial charge in [-0.1, -0.05) is 25.1 Å². The molecule has 2 aromatic carbocycles. The highest BCUT2D eigenvalue weighted by Crippen LogP contribution is 2.19. The van der Waals surface area contributed by atoms with Crippen molar-refractivity contribution in [2.45, 2.75) is 26.8 Å². The summed E-state index contributed by atoms with van der Waals surface area (Å²) in [7, 11) is 0. The second-order valence-electron chi connectivity index (χ2n) is 7.13. The van der Waals surface area contributed by atoms with E-state index in [-0.39, 0.29) is 18.1 Å². The monoisotopic (exact) mass is 437 g/mol. The molecule has 0 bridgehead atoms. The summed E-state index contributed by atoms with van der Waals surface area (Å²) >= 11 is 1.19. The number of carbonyl (C=O) groups is 1. The van der Waals surface area contributed by atoms with Gasteiger partial charge in [0.15, 0.2) is 0 Å². The number of anilines is 1. The molecule has 0 aliphatic heterocycles. The van der Waals surface area contributed by atoms with E-state index in [0.717, 1.165) is 16.6 Å². The highest BCUT2D eigenvalue weighted by atomic mass is 32.1. The number of halogens is 1. The number of hydrogen-bond donors (Lipinski definition) is 1. The molecule has 0 aliphatic carbocycles. The predicted molar refractivity (Wildman–Crippen MR) is 121 cm³/mol. The van der Waals surface area contributed by atoms with Crippen molar-refractivity contribution in [3.63, 3.8) is 0 Å². The van der Waals surface area contributed by atoms with Crippen molar-refractivity contribution < 1.29 is 9.18 Å². The molecule has 6 nitrogen and oxygen atoms in total. The molecular formula is C23H20FN3O3S. The summed E-state index contributed by atoms with van der Waals surface area (Å²) < 4.78 is 16.2. The third-order valence-corrected chi connectivity index (χ3v) is 6.02. The second kappa shape index (κ2) is 8.31. The van der Waals surface area contributed by atoms with Crippen LogP contribution in [0.25, 0.3) is 15.9 Å². The van der Waals surface area contributed by atoms with Crippen molar-refractivity contribution >= 4 is 33.1 Å². The number of rotatable bonds is 5. The van der Waals surface area contributed by atoms with Crippen LogP contribution in [0, 0.1) is 12.7 Å². The van der Waals surface area contributed by atoms with Crippen LogP contribution in [-0.4, -0.2) is 15.0 Å². The Morgan fingerprint density at radius 2 is 1.90 bits per heavy atom. The molecule has 2 aromatic heterocycles. The van der Waals surface area contributed by atoms with Gasteiger partial charge in [-0.3, -0.25) is 14.2 Å². The van der Waals surface area contributed by atoms with Gasteiger partial charge >= 0.3 is 5.69 Å². The highest BCUT2D eigenvalue weighted by molar-refractivity contribution is 7.17. The molecule has 1 amide bonds. The van der Waals surface area contributed by atoms with Gasteiger partial charge in [0.05, 0.1) is 11.2 Å². The van der Waals surface area contributed by atoms with Gasteiger partial charge in [-0.05, 0) is 60.2 Å². The van der Waals surface area contributed by atoms with E-state index in [1.807, 2.05) is 31.2 Å². The lowest BCUT2D eigenvalue weighted by Crippen LogP contribution is -2.40. The predicted octanol–water partition coefficient (Wildman–Crippen LogP) is 3.86. The fourth-order valence-electron chi connectivity index (χ4n) is 3.61.